The molecule has 15 heavy (non-hydrogen) atoms. The number of rotatable bonds is 5. The lowest BCUT2D eigenvalue weighted by Gasteiger charge is -2.10. The van der Waals surface area contributed by atoms with Crippen LogP contribution in [0, 0.1) is 11.3 Å². The molecule has 0 unspecified atom stereocenters. The smallest absolute Gasteiger partial charge is 0.203 e. The summed E-state index contributed by atoms with van der Waals surface area (Å²) in [6.45, 7) is 0.507. The van der Waals surface area contributed by atoms with Crippen molar-refractivity contribution in [2.24, 2.45) is 0 Å². The van der Waals surface area contributed by atoms with E-state index in [1.807, 2.05) is 36.4 Å². The summed E-state index contributed by atoms with van der Waals surface area (Å²) in [4.78, 5) is 0. The highest BCUT2D eigenvalue weighted by Gasteiger charge is 2.21. The molecule has 80 valence electrons. The van der Waals surface area contributed by atoms with Gasteiger partial charge < -0.3 is 4.74 Å². The molecule has 0 saturated heterocycles. The standard InChI is InChI=1S/C11H11Cl2NO/c12-11(13,9-14)7-4-8-15-10-5-2-1-3-6-10/h1-3,5-6H,4,7-8H2. The number of nitrogens with zero attached hydrogens (tertiary/aromatic N) is 1. The Morgan fingerprint density at radius 1 is 1.27 bits per heavy atom. The Kier molecular flexibility index (Phi) is 4.74. The molecule has 0 radical (unpaired) electrons. The third kappa shape index (κ3) is 4.92. The molecule has 1 aromatic rings. The van der Waals surface area contributed by atoms with E-state index in [9.17, 15) is 0 Å². The van der Waals surface area contributed by atoms with Gasteiger partial charge in [-0.15, -0.1) is 0 Å². The average Bonchev–Trinajstić information content (AvgIpc) is 2.26. The Morgan fingerprint density at radius 2 is 1.93 bits per heavy atom. The molecule has 0 aromatic heterocycles. The number of ether oxygens (including phenoxy) is 1. The number of hydrogen-bond acceptors (Lipinski definition) is 2. The topological polar surface area (TPSA) is 33.0 Å². The van der Waals surface area contributed by atoms with Gasteiger partial charge in [-0.1, -0.05) is 41.4 Å². The van der Waals surface area contributed by atoms with Gasteiger partial charge in [-0.3, -0.25) is 0 Å². The fourth-order valence-corrected chi connectivity index (χ4v) is 1.32. The molecule has 0 N–H and O–H groups in total. The minimum absolute atomic E-state index is 0.402. The molecule has 0 aliphatic rings. The molecule has 1 rings (SSSR count). The van der Waals surface area contributed by atoms with Gasteiger partial charge in [0.05, 0.1) is 6.61 Å². The summed E-state index contributed by atoms with van der Waals surface area (Å²) in [5.74, 6) is 0.809. The average molecular weight is 244 g/mol. The Morgan fingerprint density at radius 3 is 2.53 bits per heavy atom. The number of para-hydroxylation sites is 1. The summed E-state index contributed by atoms with van der Waals surface area (Å²) in [6.07, 6.45) is 1.05. The summed E-state index contributed by atoms with van der Waals surface area (Å²) in [6, 6.07) is 11.3. The van der Waals surface area contributed by atoms with E-state index >= 15 is 0 Å². The van der Waals surface area contributed by atoms with E-state index in [4.69, 9.17) is 33.2 Å². The third-order valence-electron chi connectivity index (χ3n) is 1.81. The fourth-order valence-electron chi connectivity index (χ4n) is 1.06. The lowest BCUT2D eigenvalue weighted by atomic mass is 10.2. The first-order valence-electron chi connectivity index (χ1n) is 4.61. The zero-order valence-electron chi connectivity index (χ0n) is 8.12. The van der Waals surface area contributed by atoms with Crippen LogP contribution in [-0.2, 0) is 0 Å². The zero-order valence-corrected chi connectivity index (χ0v) is 9.63. The van der Waals surface area contributed by atoms with Crippen molar-refractivity contribution in [1.29, 1.82) is 5.26 Å². The van der Waals surface area contributed by atoms with Gasteiger partial charge in [0, 0.05) is 0 Å². The second-order valence-corrected chi connectivity index (χ2v) is 4.57. The van der Waals surface area contributed by atoms with Crippen LogP contribution in [0.3, 0.4) is 0 Å². The van der Waals surface area contributed by atoms with Gasteiger partial charge in [0.15, 0.2) is 0 Å². The summed E-state index contributed by atoms with van der Waals surface area (Å²) >= 11 is 11.3. The molecular weight excluding hydrogens is 233 g/mol. The van der Waals surface area contributed by atoms with E-state index in [0.29, 0.717) is 19.4 Å². The van der Waals surface area contributed by atoms with Gasteiger partial charge in [-0.2, -0.15) is 5.26 Å². The molecule has 4 heteroatoms. The highest BCUT2D eigenvalue weighted by Crippen LogP contribution is 2.25. The van der Waals surface area contributed by atoms with Crippen LogP contribution in [0.2, 0.25) is 0 Å². The van der Waals surface area contributed by atoms with Gasteiger partial charge in [0.2, 0.25) is 4.33 Å². The van der Waals surface area contributed by atoms with Gasteiger partial charge >= 0.3 is 0 Å². The van der Waals surface area contributed by atoms with E-state index in [-0.39, 0.29) is 0 Å². The van der Waals surface area contributed by atoms with Crippen molar-refractivity contribution in [1.82, 2.24) is 0 Å². The number of nitriles is 1. The minimum Gasteiger partial charge on any atom is -0.494 e. The Labute approximate surface area is 99.4 Å². The third-order valence-corrected chi connectivity index (χ3v) is 2.36. The molecule has 0 heterocycles. The fraction of sp³-hybridized carbons (Fsp3) is 0.364. The van der Waals surface area contributed by atoms with Crippen LogP contribution in [0.1, 0.15) is 12.8 Å². The number of alkyl halides is 2. The number of halogens is 2. The summed E-state index contributed by atoms with van der Waals surface area (Å²) in [5, 5.41) is 8.56. The number of hydrogen-bond donors (Lipinski definition) is 0. The van der Waals surface area contributed by atoms with Crippen molar-refractivity contribution in [3.63, 3.8) is 0 Å². The summed E-state index contributed by atoms with van der Waals surface area (Å²) < 4.78 is 4.13. The molecule has 0 amide bonds. The van der Waals surface area contributed by atoms with Crippen LogP contribution >= 0.6 is 23.2 Å². The van der Waals surface area contributed by atoms with Crippen LogP contribution in [0.5, 0.6) is 5.75 Å². The van der Waals surface area contributed by atoms with Crippen LogP contribution in [0.15, 0.2) is 30.3 Å². The lowest BCUT2D eigenvalue weighted by Crippen LogP contribution is -2.11. The molecule has 0 aliphatic carbocycles. The van der Waals surface area contributed by atoms with Crippen molar-refractivity contribution in [2.45, 2.75) is 17.2 Å². The molecule has 2 nitrogen and oxygen atoms in total. The molecule has 0 spiro atoms. The highest BCUT2D eigenvalue weighted by atomic mass is 35.5. The highest BCUT2D eigenvalue weighted by molar-refractivity contribution is 6.50. The first-order valence-corrected chi connectivity index (χ1v) is 5.36. The van der Waals surface area contributed by atoms with E-state index in [1.165, 1.54) is 0 Å². The van der Waals surface area contributed by atoms with Gasteiger partial charge in [0.25, 0.3) is 0 Å². The lowest BCUT2D eigenvalue weighted by molar-refractivity contribution is 0.306. The Balaban J connectivity index is 2.21. The van der Waals surface area contributed by atoms with Crippen molar-refractivity contribution in [3.05, 3.63) is 30.3 Å². The minimum atomic E-state index is -1.29. The van der Waals surface area contributed by atoms with E-state index < -0.39 is 4.33 Å². The zero-order chi connectivity index (χ0) is 11.1. The first kappa shape index (κ1) is 12.2. The monoisotopic (exact) mass is 243 g/mol. The maximum absolute atomic E-state index is 8.56. The summed E-state index contributed by atoms with van der Waals surface area (Å²) in [7, 11) is 0. The SMILES string of the molecule is N#CC(Cl)(Cl)CCCOc1ccccc1. The van der Waals surface area contributed by atoms with Crippen molar-refractivity contribution >= 4 is 23.2 Å². The van der Waals surface area contributed by atoms with Gasteiger partial charge in [-0.25, -0.2) is 0 Å². The molecule has 0 saturated carbocycles. The maximum atomic E-state index is 8.56. The second-order valence-electron chi connectivity index (χ2n) is 3.08. The predicted molar refractivity (Wildman–Crippen MR) is 61.2 cm³/mol. The van der Waals surface area contributed by atoms with Crippen LogP contribution < -0.4 is 4.74 Å². The van der Waals surface area contributed by atoms with Crippen LogP contribution in [-0.4, -0.2) is 10.9 Å². The molecule has 1 aromatic carbocycles. The van der Waals surface area contributed by atoms with Crippen molar-refractivity contribution in [2.75, 3.05) is 6.61 Å². The normalized spacial score (nSPS) is 10.7. The van der Waals surface area contributed by atoms with E-state index in [0.717, 1.165) is 5.75 Å². The Hall–Kier alpha value is -0.910. The molecule has 0 atom stereocenters. The number of benzene rings is 1. The second kappa shape index (κ2) is 5.85. The largest absolute Gasteiger partial charge is 0.494 e. The predicted octanol–water partition coefficient (Wildman–Crippen LogP) is 3.54. The van der Waals surface area contributed by atoms with E-state index in [2.05, 4.69) is 0 Å². The van der Waals surface area contributed by atoms with Crippen LogP contribution in [0.25, 0.3) is 0 Å². The molecule has 0 aliphatic heterocycles. The van der Waals surface area contributed by atoms with Crippen LogP contribution in [0.4, 0.5) is 0 Å². The van der Waals surface area contributed by atoms with E-state index in [1.54, 1.807) is 0 Å². The quantitative estimate of drug-likeness (QED) is 0.586. The first-order chi connectivity index (χ1) is 7.14. The molecular formula is C11H11Cl2NO. The van der Waals surface area contributed by atoms with Crippen molar-refractivity contribution in [3.8, 4) is 11.8 Å². The van der Waals surface area contributed by atoms with Crippen molar-refractivity contribution < 1.29 is 4.74 Å². The molecule has 0 bridgehead atoms. The van der Waals surface area contributed by atoms with Gasteiger partial charge in [0.1, 0.15) is 11.8 Å². The maximum Gasteiger partial charge on any atom is 0.203 e. The van der Waals surface area contributed by atoms with Gasteiger partial charge in [-0.05, 0) is 25.0 Å². The Bertz CT molecular complexity index is 332. The summed E-state index contributed by atoms with van der Waals surface area (Å²) in [5.41, 5.74) is 0. The molecule has 0 fully saturated rings.